The smallest absolute Gasteiger partial charge is 0.242 e. The van der Waals surface area contributed by atoms with Gasteiger partial charge in [0.05, 0.1) is 5.69 Å². The van der Waals surface area contributed by atoms with Crippen LogP contribution in [0.3, 0.4) is 0 Å². The number of sulfonamides is 1. The highest BCUT2D eigenvalue weighted by atomic mass is 32.2. The first kappa shape index (κ1) is 15.1. The van der Waals surface area contributed by atoms with Gasteiger partial charge in [-0.2, -0.15) is 0 Å². The number of anilines is 2. The van der Waals surface area contributed by atoms with Gasteiger partial charge in [0.15, 0.2) is 0 Å². The molecule has 1 aromatic rings. The van der Waals surface area contributed by atoms with E-state index in [-0.39, 0.29) is 4.90 Å². The molecule has 2 rings (SSSR count). The minimum atomic E-state index is -3.49. The van der Waals surface area contributed by atoms with E-state index in [1.54, 1.807) is 12.1 Å². The fourth-order valence-electron chi connectivity index (χ4n) is 2.65. The molecule has 3 N–H and O–H groups in total. The number of nitrogens with one attached hydrogen (secondary N) is 1. The number of hydrogen-bond acceptors (Lipinski definition) is 4. The predicted octanol–water partition coefficient (Wildman–Crippen LogP) is 1.66. The van der Waals surface area contributed by atoms with Crippen LogP contribution < -0.4 is 15.4 Å². The molecule has 1 fully saturated rings. The molecule has 1 aliphatic heterocycles. The lowest BCUT2D eigenvalue weighted by Crippen LogP contribution is -2.23. The number of hydrogen-bond donors (Lipinski definition) is 2. The molecule has 0 amide bonds. The average molecular weight is 297 g/mol. The van der Waals surface area contributed by atoms with Gasteiger partial charge in [0.1, 0.15) is 4.90 Å². The summed E-state index contributed by atoms with van der Waals surface area (Å²) in [6.45, 7) is 6.49. The van der Waals surface area contributed by atoms with Crippen LogP contribution in [0.2, 0.25) is 0 Å². The van der Waals surface area contributed by atoms with Crippen molar-refractivity contribution < 1.29 is 8.42 Å². The Balaban J connectivity index is 2.23. The third-order valence-electron chi connectivity index (χ3n) is 4.08. The van der Waals surface area contributed by atoms with Crippen LogP contribution in [0, 0.1) is 11.8 Å². The summed E-state index contributed by atoms with van der Waals surface area (Å²) in [4.78, 5) is 2.42. The molecule has 0 radical (unpaired) electrons. The lowest BCUT2D eigenvalue weighted by atomic mass is 9.95. The lowest BCUT2D eigenvalue weighted by molar-refractivity contribution is 0.423. The molecule has 0 aliphatic carbocycles. The van der Waals surface area contributed by atoms with Gasteiger partial charge >= 0.3 is 0 Å². The Morgan fingerprint density at radius 1 is 1.40 bits per heavy atom. The van der Waals surface area contributed by atoms with Crippen molar-refractivity contribution in [2.45, 2.75) is 25.2 Å². The molecule has 5 nitrogen and oxygen atoms in total. The van der Waals surface area contributed by atoms with Crippen molar-refractivity contribution in [2.75, 3.05) is 30.8 Å². The SMILES string of the molecule is CNS(=O)(=O)c1ccc(N2CCC(C(C)C)C2)cc1N. The summed E-state index contributed by atoms with van der Waals surface area (Å²) in [7, 11) is -2.10. The summed E-state index contributed by atoms with van der Waals surface area (Å²) < 4.78 is 25.9. The summed E-state index contributed by atoms with van der Waals surface area (Å²) in [5.74, 6) is 1.36. The van der Waals surface area contributed by atoms with E-state index < -0.39 is 10.0 Å². The van der Waals surface area contributed by atoms with Crippen LogP contribution in [-0.2, 0) is 10.0 Å². The van der Waals surface area contributed by atoms with Crippen LogP contribution in [0.4, 0.5) is 11.4 Å². The molecule has 1 unspecified atom stereocenters. The van der Waals surface area contributed by atoms with Crippen molar-refractivity contribution in [3.63, 3.8) is 0 Å². The first-order valence-electron chi connectivity index (χ1n) is 6.93. The van der Waals surface area contributed by atoms with E-state index >= 15 is 0 Å². The molecule has 1 aromatic carbocycles. The predicted molar refractivity (Wildman–Crippen MR) is 82.3 cm³/mol. The Morgan fingerprint density at radius 3 is 2.60 bits per heavy atom. The van der Waals surface area contributed by atoms with Gasteiger partial charge in [-0.25, -0.2) is 13.1 Å². The monoisotopic (exact) mass is 297 g/mol. The van der Waals surface area contributed by atoms with Gasteiger partial charge in [0, 0.05) is 18.8 Å². The van der Waals surface area contributed by atoms with Crippen molar-refractivity contribution in [3.05, 3.63) is 18.2 Å². The van der Waals surface area contributed by atoms with Gasteiger partial charge in [0.2, 0.25) is 10.0 Å². The zero-order chi connectivity index (χ0) is 14.9. The van der Waals surface area contributed by atoms with E-state index in [1.807, 2.05) is 6.07 Å². The largest absolute Gasteiger partial charge is 0.398 e. The Labute approximate surface area is 121 Å². The Hall–Kier alpha value is -1.27. The first-order valence-corrected chi connectivity index (χ1v) is 8.41. The fourth-order valence-corrected chi connectivity index (χ4v) is 3.49. The minimum absolute atomic E-state index is 0.142. The maximum absolute atomic E-state index is 11.8. The van der Waals surface area contributed by atoms with Gasteiger partial charge in [-0.05, 0) is 43.5 Å². The number of nitrogens with zero attached hydrogens (tertiary/aromatic N) is 1. The van der Waals surface area contributed by atoms with Crippen LogP contribution in [0.25, 0.3) is 0 Å². The summed E-state index contributed by atoms with van der Waals surface area (Å²) in [6.07, 6.45) is 1.17. The second-order valence-electron chi connectivity index (χ2n) is 5.67. The van der Waals surface area contributed by atoms with Gasteiger partial charge in [0.25, 0.3) is 0 Å². The lowest BCUT2D eigenvalue weighted by Gasteiger charge is -2.21. The van der Waals surface area contributed by atoms with Gasteiger partial charge in [-0.1, -0.05) is 13.8 Å². The highest BCUT2D eigenvalue weighted by Crippen LogP contribution is 2.31. The topological polar surface area (TPSA) is 75.4 Å². The fraction of sp³-hybridized carbons (Fsp3) is 0.571. The van der Waals surface area contributed by atoms with Gasteiger partial charge in [-0.3, -0.25) is 0 Å². The second-order valence-corrected chi connectivity index (χ2v) is 7.52. The molecular weight excluding hydrogens is 274 g/mol. The Kier molecular flexibility index (Phi) is 4.25. The number of nitrogen functional groups attached to an aromatic ring is 1. The molecule has 1 saturated heterocycles. The maximum atomic E-state index is 11.8. The Bertz CT molecular complexity index is 584. The highest BCUT2D eigenvalue weighted by Gasteiger charge is 2.25. The molecular formula is C14H23N3O2S. The van der Waals surface area contributed by atoms with Crippen LogP contribution in [-0.4, -0.2) is 28.6 Å². The molecule has 1 atom stereocenters. The third-order valence-corrected chi connectivity index (χ3v) is 5.57. The van der Waals surface area contributed by atoms with Gasteiger partial charge in [-0.15, -0.1) is 0 Å². The van der Waals surface area contributed by atoms with E-state index in [4.69, 9.17) is 5.73 Å². The standard InChI is InChI=1S/C14H23N3O2S/c1-10(2)11-6-7-17(9-11)12-4-5-14(13(15)8-12)20(18,19)16-3/h4-5,8,10-11,16H,6-7,9,15H2,1-3H3. The molecule has 112 valence electrons. The third kappa shape index (κ3) is 2.91. The van der Waals surface area contributed by atoms with Gasteiger partial charge < -0.3 is 10.6 Å². The molecule has 0 saturated carbocycles. The van der Waals surface area contributed by atoms with E-state index in [0.717, 1.165) is 18.8 Å². The molecule has 6 heteroatoms. The van der Waals surface area contributed by atoms with Crippen LogP contribution in [0.1, 0.15) is 20.3 Å². The summed E-state index contributed by atoms with van der Waals surface area (Å²) in [5, 5.41) is 0. The second kappa shape index (κ2) is 5.61. The minimum Gasteiger partial charge on any atom is -0.398 e. The van der Waals surface area contributed by atoms with E-state index in [1.165, 1.54) is 13.5 Å². The maximum Gasteiger partial charge on any atom is 0.242 e. The number of rotatable bonds is 4. The van der Waals surface area contributed by atoms with Crippen molar-refractivity contribution in [1.29, 1.82) is 0 Å². The number of nitrogens with two attached hydrogens (primary N) is 1. The molecule has 1 heterocycles. The van der Waals surface area contributed by atoms with Crippen molar-refractivity contribution >= 4 is 21.4 Å². The summed E-state index contributed by atoms with van der Waals surface area (Å²) in [5.41, 5.74) is 7.20. The first-order chi connectivity index (χ1) is 9.35. The Morgan fingerprint density at radius 2 is 2.10 bits per heavy atom. The van der Waals surface area contributed by atoms with E-state index in [9.17, 15) is 8.42 Å². The van der Waals surface area contributed by atoms with Crippen LogP contribution in [0.15, 0.2) is 23.1 Å². The summed E-state index contributed by atoms with van der Waals surface area (Å²) >= 11 is 0. The van der Waals surface area contributed by atoms with Crippen LogP contribution in [0.5, 0.6) is 0 Å². The zero-order valence-electron chi connectivity index (χ0n) is 12.3. The van der Waals surface area contributed by atoms with E-state index in [2.05, 4.69) is 23.5 Å². The quantitative estimate of drug-likeness (QED) is 0.829. The molecule has 20 heavy (non-hydrogen) atoms. The summed E-state index contributed by atoms with van der Waals surface area (Å²) in [6, 6.07) is 5.18. The normalized spacial score (nSPS) is 19.8. The highest BCUT2D eigenvalue weighted by molar-refractivity contribution is 7.89. The number of benzene rings is 1. The van der Waals surface area contributed by atoms with E-state index in [0.29, 0.717) is 17.5 Å². The average Bonchev–Trinajstić information content (AvgIpc) is 2.88. The molecule has 0 bridgehead atoms. The molecule has 0 spiro atoms. The molecule has 1 aliphatic rings. The van der Waals surface area contributed by atoms with Crippen molar-refractivity contribution in [3.8, 4) is 0 Å². The van der Waals surface area contributed by atoms with Crippen LogP contribution >= 0.6 is 0 Å². The zero-order valence-corrected chi connectivity index (χ0v) is 13.1. The molecule has 0 aromatic heterocycles. The van der Waals surface area contributed by atoms with Crippen molar-refractivity contribution in [2.24, 2.45) is 11.8 Å². The van der Waals surface area contributed by atoms with Crippen molar-refractivity contribution in [1.82, 2.24) is 4.72 Å².